The van der Waals surface area contributed by atoms with Gasteiger partial charge in [0, 0.05) is 12.3 Å². The van der Waals surface area contributed by atoms with Gasteiger partial charge in [-0.3, -0.25) is 13.8 Å². The lowest BCUT2D eigenvalue weighted by Gasteiger charge is -2.20. The van der Waals surface area contributed by atoms with E-state index in [4.69, 9.17) is 0 Å². The molecule has 1 aliphatic rings. The van der Waals surface area contributed by atoms with E-state index in [1.54, 1.807) is 16.3 Å². The maximum Gasteiger partial charge on any atom is 0.262 e. The van der Waals surface area contributed by atoms with Gasteiger partial charge in [-0.25, -0.2) is 0 Å². The zero-order valence-electron chi connectivity index (χ0n) is 15.4. The number of hydrogen-bond acceptors (Lipinski definition) is 4. The Morgan fingerprint density at radius 3 is 2.77 bits per heavy atom. The van der Waals surface area contributed by atoms with Crippen LogP contribution in [0.1, 0.15) is 51.9 Å². The number of benzene rings is 1. The fraction of sp³-hybridized carbons (Fsp3) is 0.550. The van der Waals surface area contributed by atoms with Crippen molar-refractivity contribution in [2.45, 2.75) is 63.6 Å². The summed E-state index contributed by atoms with van der Waals surface area (Å²) in [6, 6.07) is 7.82. The minimum atomic E-state index is 0.0396. The summed E-state index contributed by atoms with van der Waals surface area (Å²) in [5.41, 5.74) is 0.953. The van der Waals surface area contributed by atoms with Gasteiger partial charge in [-0.2, -0.15) is 0 Å². The summed E-state index contributed by atoms with van der Waals surface area (Å²) in [5.74, 6) is 2.54. The molecular formula is C20H26N4OS. The van der Waals surface area contributed by atoms with Crippen LogP contribution in [-0.2, 0) is 6.54 Å². The Morgan fingerprint density at radius 2 is 1.96 bits per heavy atom. The van der Waals surface area contributed by atoms with Crippen LogP contribution in [0, 0.1) is 5.92 Å². The number of nitrogens with zero attached hydrogens (tertiary/aromatic N) is 4. The SMILES string of the molecule is CCCCn1c(=O)c2ccccc2n2c(SCC3CCCCC3)nnc12. The highest BCUT2D eigenvalue weighted by molar-refractivity contribution is 7.99. The second-order valence-electron chi connectivity index (χ2n) is 7.26. The van der Waals surface area contributed by atoms with Gasteiger partial charge >= 0.3 is 0 Å². The molecule has 5 nitrogen and oxygen atoms in total. The number of para-hydroxylation sites is 1. The quantitative estimate of drug-likeness (QED) is 0.599. The third kappa shape index (κ3) is 3.27. The second-order valence-corrected chi connectivity index (χ2v) is 8.25. The molecule has 6 heteroatoms. The molecule has 0 spiro atoms. The summed E-state index contributed by atoms with van der Waals surface area (Å²) in [6.07, 6.45) is 8.74. The van der Waals surface area contributed by atoms with E-state index in [2.05, 4.69) is 21.5 Å². The molecule has 0 saturated heterocycles. The van der Waals surface area contributed by atoms with Crippen LogP contribution in [0.25, 0.3) is 16.7 Å². The Bertz CT molecular complexity index is 955. The first-order chi connectivity index (χ1) is 12.8. The van der Waals surface area contributed by atoms with Crippen LogP contribution in [0.3, 0.4) is 0 Å². The molecule has 2 heterocycles. The van der Waals surface area contributed by atoms with E-state index in [-0.39, 0.29) is 5.56 Å². The zero-order chi connectivity index (χ0) is 17.9. The normalized spacial score (nSPS) is 15.9. The van der Waals surface area contributed by atoms with E-state index >= 15 is 0 Å². The minimum absolute atomic E-state index is 0.0396. The van der Waals surface area contributed by atoms with E-state index in [9.17, 15) is 4.79 Å². The molecule has 26 heavy (non-hydrogen) atoms. The standard InChI is InChI=1S/C20H26N4OS/c1-2-3-13-23-18(25)16-11-7-8-12-17(16)24-19(23)21-22-20(24)26-14-15-9-5-4-6-10-15/h7-8,11-12,15H,2-6,9-10,13-14H2,1H3. The zero-order valence-corrected chi connectivity index (χ0v) is 16.2. The topological polar surface area (TPSA) is 52.2 Å². The highest BCUT2D eigenvalue weighted by Crippen LogP contribution is 2.30. The molecule has 1 fully saturated rings. The first-order valence-corrected chi connectivity index (χ1v) is 10.8. The van der Waals surface area contributed by atoms with E-state index < -0.39 is 0 Å². The van der Waals surface area contributed by atoms with Gasteiger partial charge in [0.2, 0.25) is 5.78 Å². The summed E-state index contributed by atoms with van der Waals surface area (Å²) in [6.45, 7) is 2.83. The molecule has 0 atom stereocenters. The fourth-order valence-electron chi connectivity index (χ4n) is 3.89. The summed E-state index contributed by atoms with van der Waals surface area (Å²) in [5, 5.41) is 10.5. The Kier molecular flexibility index (Phi) is 5.29. The monoisotopic (exact) mass is 370 g/mol. The summed E-state index contributed by atoms with van der Waals surface area (Å²) >= 11 is 1.79. The molecule has 1 saturated carbocycles. The molecular weight excluding hydrogens is 344 g/mol. The number of thioether (sulfide) groups is 1. The van der Waals surface area contributed by atoms with Crippen LogP contribution >= 0.6 is 11.8 Å². The Balaban J connectivity index is 1.77. The highest BCUT2D eigenvalue weighted by atomic mass is 32.2. The van der Waals surface area contributed by atoms with Gasteiger partial charge in [0.1, 0.15) is 0 Å². The smallest absolute Gasteiger partial charge is 0.262 e. The van der Waals surface area contributed by atoms with Crippen LogP contribution in [0.2, 0.25) is 0 Å². The van der Waals surface area contributed by atoms with Gasteiger partial charge in [-0.1, -0.05) is 56.5 Å². The second kappa shape index (κ2) is 7.82. The Morgan fingerprint density at radius 1 is 1.15 bits per heavy atom. The first-order valence-electron chi connectivity index (χ1n) is 9.79. The first kappa shape index (κ1) is 17.6. The maximum atomic E-state index is 12.9. The van der Waals surface area contributed by atoms with Crippen molar-refractivity contribution < 1.29 is 0 Å². The number of hydrogen-bond donors (Lipinski definition) is 0. The molecule has 0 amide bonds. The van der Waals surface area contributed by atoms with E-state index in [1.165, 1.54) is 32.1 Å². The molecule has 1 aromatic carbocycles. The van der Waals surface area contributed by atoms with Crippen LogP contribution in [0.5, 0.6) is 0 Å². The summed E-state index contributed by atoms with van der Waals surface area (Å²) < 4.78 is 3.88. The van der Waals surface area contributed by atoms with Crippen LogP contribution < -0.4 is 5.56 Å². The predicted molar refractivity (Wildman–Crippen MR) is 107 cm³/mol. The Hall–Kier alpha value is -1.82. The number of aromatic nitrogens is 4. The number of unbranched alkanes of at least 4 members (excludes halogenated alkanes) is 1. The van der Waals surface area contributed by atoms with Crippen molar-refractivity contribution in [2.24, 2.45) is 5.92 Å². The van der Waals surface area contributed by atoms with Gasteiger partial charge in [-0.15, -0.1) is 10.2 Å². The molecule has 138 valence electrons. The third-order valence-electron chi connectivity index (χ3n) is 5.39. The van der Waals surface area contributed by atoms with Crippen molar-refractivity contribution >= 4 is 28.4 Å². The van der Waals surface area contributed by atoms with Crippen molar-refractivity contribution in [3.63, 3.8) is 0 Å². The Labute approximate surface area is 157 Å². The van der Waals surface area contributed by atoms with Crippen molar-refractivity contribution in [3.8, 4) is 0 Å². The van der Waals surface area contributed by atoms with Crippen LogP contribution in [0.15, 0.2) is 34.2 Å². The van der Waals surface area contributed by atoms with Crippen molar-refractivity contribution in [1.82, 2.24) is 19.2 Å². The van der Waals surface area contributed by atoms with Crippen molar-refractivity contribution in [2.75, 3.05) is 5.75 Å². The van der Waals surface area contributed by atoms with Gasteiger partial charge in [0.05, 0.1) is 10.9 Å². The van der Waals surface area contributed by atoms with Gasteiger partial charge in [0.25, 0.3) is 5.56 Å². The van der Waals surface area contributed by atoms with E-state index in [1.807, 2.05) is 24.3 Å². The van der Waals surface area contributed by atoms with E-state index in [0.717, 1.165) is 40.6 Å². The molecule has 0 aliphatic heterocycles. The van der Waals surface area contributed by atoms with Gasteiger partial charge in [-0.05, 0) is 37.3 Å². The molecule has 0 N–H and O–H groups in total. The van der Waals surface area contributed by atoms with Crippen molar-refractivity contribution in [3.05, 3.63) is 34.6 Å². The average molecular weight is 371 g/mol. The molecule has 0 bridgehead atoms. The summed E-state index contributed by atoms with van der Waals surface area (Å²) in [7, 11) is 0. The lowest BCUT2D eigenvalue weighted by molar-refractivity contribution is 0.390. The predicted octanol–water partition coefficient (Wildman–Crippen LogP) is 4.52. The molecule has 0 radical (unpaired) electrons. The van der Waals surface area contributed by atoms with Gasteiger partial charge < -0.3 is 0 Å². The summed E-state index contributed by atoms with van der Waals surface area (Å²) in [4.78, 5) is 12.9. The minimum Gasteiger partial charge on any atom is -0.276 e. The maximum absolute atomic E-state index is 12.9. The molecule has 0 unspecified atom stereocenters. The lowest BCUT2D eigenvalue weighted by Crippen LogP contribution is -2.23. The molecule has 1 aliphatic carbocycles. The lowest BCUT2D eigenvalue weighted by atomic mass is 9.91. The molecule has 4 rings (SSSR count). The van der Waals surface area contributed by atoms with Gasteiger partial charge in [0.15, 0.2) is 5.16 Å². The molecule has 3 aromatic rings. The number of aryl methyl sites for hydroxylation is 1. The van der Waals surface area contributed by atoms with Crippen LogP contribution in [0.4, 0.5) is 0 Å². The highest BCUT2D eigenvalue weighted by Gasteiger charge is 2.19. The molecule has 2 aromatic heterocycles. The number of rotatable bonds is 6. The fourth-order valence-corrected chi connectivity index (χ4v) is 5.02. The largest absolute Gasteiger partial charge is 0.276 e. The third-order valence-corrected chi connectivity index (χ3v) is 6.55. The van der Waals surface area contributed by atoms with Crippen LogP contribution in [-0.4, -0.2) is 24.9 Å². The van der Waals surface area contributed by atoms with Crippen molar-refractivity contribution in [1.29, 1.82) is 0 Å². The van der Waals surface area contributed by atoms with E-state index in [0.29, 0.717) is 12.3 Å². The number of fused-ring (bicyclic) bond motifs is 3. The average Bonchev–Trinajstić information content (AvgIpc) is 3.11.